The number of aryl methyl sites for hydroxylation is 1. The van der Waals surface area contributed by atoms with Gasteiger partial charge in [-0.2, -0.15) is 4.31 Å². The molecule has 1 amide bonds. The van der Waals surface area contributed by atoms with E-state index in [-0.39, 0.29) is 10.8 Å². The Hall–Kier alpha value is -2.65. The van der Waals surface area contributed by atoms with Crippen LogP contribution in [-0.2, 0) is 14.8 Å². The fourth-order valence-electron chi connectivity index (χ4n) is 3.42. The van der Waals surface area contributed by atoms with E-state index in [0.29, 0.717) is 41.5 Å². The summed E-state index contributed by atoms with van der Waals surface area (Å²) in [6.07, 6.45) is 7.16. The molecule has 0 atom stereocenters. The van der Waals surface area contributed by atoms with Crippen LogP contribution >= 0.6 is 0 Å². The van der Waals surface area contributed by atoms with E-state index in [2.05, 4.69) is 10.5 Å². The number of hydrogen-bond donors (Lipinski definition) is 1. The first-order valence-electron chi connectivity index (χ1n) is 9.93. The van der Waals surface area contributed by atoms with E-state index in [1.54, 1.807) is 41.6 Å². The van der Waals surface area contributed by atoms with E-state index < -0.39 is 10.0 Å². The summed E-state index contributed by atoms with van der Waals surface area (Å²) in [5, 5.41) is 6.56. The number of aromatic nitrogens is 1. The molecule has 0 bridgehead atoms. The third kappa shape index (κ3) is 4.91. The van der Waals surface area contributed by atoms with Crippen LogP contribution in [-0.4, -0.2) is 44.0 Å². The van der Waals surface area contributed by atoms with Crippen molar-refractivity contribution in [2.24, 2.45) is 0 Å². The zero-order valence-electron chi connectivity index (χ0n) is 17.5. The van der Waals surface area contributed by atoms with Crippen LogP contribution in [0, 0.1) is 6.92 Å². The van der Waals surface area contributed by atoms with Crippen LogP contribution in [0.2, 0.25) is 0 Å². The zero-order valence-corrected chi connectivity index (χ0v) is 18.3. The summed E-state index contributed by atoms with van der Waals surface area (Å²) in [7, 11) is -2.21. The molecule has 0 unspecified atom stereocenters. The van der Waals surface area contributed by atoms with Crippen LogP contribution in [0.4, 0.5) is 5.69 Å². The third-order valence-electron chi connectivity index (χ3n) is 4.99. The quantitative estimate of drug-likeness (QED) is 0.746. The summed E-state index contributed by atoms with van der Waals surface area (Å²) in [5.74, 6) is 0.465. The highest BCUT2D eigenvalue weighted by atomic mass is 32.2. The second-order valence-corrected chi connectivity index (χ2v) is 9.16. The van der Waals surface area contributed by atoms with E-state index >= 15 is 0 Å². The van der Waals surface area contributed by atoms with E-state index in [1.807, 2.05) is 0 Å². The van der Waals surface area contributed by atoms with Crippen molar-refractivity contribution in [1.82, 2.24) is 9.46 Å². The average molecular weight is 434 g/mol. The Morgan fingerprint density at radius 3 is 2.53 bits per heavy atom. The number of ether oxygens (including phenoxy) is 1. The SMILES string of the molecule is COc1ccc(/C=C\c2onc(C)c2NC(C)=O)cc1S(=O)(=O)N1CCCCCC1. The van der Waals surface area contributed by atoms with Gasteiger partial charge in [-0.15, -0.1) is 0 Å². The van der Waals surface area contributed by atoms with Gasteiger partial charge in [0.1, 0.15) is 22.0 Å². The maximum atomic E-state index is 13.3. The van der Waals surface area contributed by atoms with Crippen LogP contribution < -0.4 is 10.1 Å². The lowest BCUT2D eigenvalue weighted by atomic mass is 10.2. The number of carbonyl (C=O) groups excluding carboxylic acids is 1. The summed E-state index contributed by atoms with van der Waals surface area (Å²) < 4.78 is 38.7. The largest absolute Gasteiger partial charge is 0.495 e. The summed E-state index contributed by atoms with van der Waals surface area (Å²) in [5.41, 5.74) is 1.71. The molecule has 2 aromatic rings. The summed E-state index contributed by atoms with van der Waals surface area (Å²) in [4.78, 5) is 11.5. The van der Waals surface area contributed by atoms with Crippen molar-refractivity contribution >= 4 is 33.8 Å². The molecule has 30 heavy (non-hydrogen) atoms. The second kappa shape index (κ2) is 9.44. The fraction of sp³-hybridized carbons (Fsp3) is 0.429. The van der Waals surface area contributed by atoms with Gasteiger partial charge >= 0.3 is 0 Å². The van der Waals surface area contributed by atoms with Gasteiger partial charge in [-0.1, -0.05) is 30.1 Å². The fourth-order valence-corrected chi connectivity index (χ4v) is 5.13. The number of amides is 1. The summed E-state index contributed by atoms with van der Waals surface area (Å²) in [6, 6.07) is 5.00. The van der Waals surface area contributed by atoms with Crippen molar-refractivity contribution in [3.05, 3.63) is 35.2 Å². The molecule has 1 aromatic heterocycles. The topological polar surface area (TPSA) is 102 Å². The molecular weight excluding hydrogens is 406 g/mol. The highest BCUT2D eigenvalue weighted by molar-refractivity contribution is 7.89. The molecule has 0 saturated carbocycles. The second-order valence-electron chi connectivity index (χ2n) is 7.25. The van der Waals surface area contributed by atoms with Crippen LogP contribution in [0.25, 0.3) is 12.2 Å². The third-order valence-corrected chi connectivity index (χ3v) is 6.91. The number of rotatable bonds is 6. The molecule has 9 heteroatoms. The monoisotopic (exact) mass is 433 g/mol. The average Bonchev–Trinajstić information content (AvgIpc) is 2.91. The van der Waals surface area contributed by atoms with Gasteiger partial charge < -0.3 is 14.6 Å². The van der Waals surface area contributed by atoms with Gasteiger partial charge in [0.25, 0.3) is 0 Å². The zero-order chi connectivity index (χ0) is 21.7. The minimum Gasteiger partial charge on any atom is -0.495 e. The number of nitrogens with one attached hydrogen (secondary N) is 1. The van der Waals surface area contributed by atoms with Gasteiger partial charge in [0.2, 0.25) is 15.9 Å². The van der Waals surface area contributed by atoms with Crippen molar-refractivity contribution in [1.29, 1.82) is 0 Å². The number of anilines is 1. The highest BCUT2D eigenvalue weighted by Gasteiger charge is 2.28. The molecule has 0 spiro atoms. The lowest BCUT2D eigenvalue weighted by Crippen LogP contribution is -2.32. The number of hydrogen-bond acceptors (Lipinski definition) is 6. The van der Waals surface area contributed by atoms with Gasteiger partial charge in [-0.05, 0) is 43.5 Å². The van der Waals surface area contributed by atoms with Gasteiger partial charge in [0.05, 0.1) is 7.11 Å². The maximum Gasteiger partial charge on any atom is 0.246 e. The maximum absolute atomic E-state index is 13.3. The molecule has 0 radical (unpaired) electrons. The molecule has 0 aliphatic carbocycles. The Morgan fingerprint density at radius 2 is 1.90 bits per heavy atom. The van der Waals surface area contributed by atoms with Crippen LogP contribution in [0.5, 0.6) is 5.75 Å². The Morgan fingerprint density at radius 1 is 1.20 bits per heavy atom. The van der Waals surface area contributed by atoms with E-state index in [4.69, 9.17) is 9.26 Å². The smallest absolute Gasteiger partial charge is 0.246 e. The standard InChI is InChI=1S/C21H27N3O5S/c1-15-21(22-16(2)25)19(29-23-15)11-9-17-8-10-18(28-3)20(14-17)30(26,27)24-12-6-4-5-7-13-24/h8-11,14H,4-7,12-13H2,1-3H3,(H,22,25)/b11-9-. The molecule has 8 nitrogen and oxygen atoms in total. The Bertz CT molecular complexity index is 1030. The number of sulfonamides is 1. The molecule has 1 aliphatic heterocycles. The van der Waals surface area contributed by atoms with Crippen molar-refractivity contribution in [3.8, 4) is 5.75 Å². The van der Waals surface area contributed by atoms with Crippen LogP contribution in [0.1, 0.15) is 49.6 Å². The first-order chi connectivity index (χ1) is 14.3. The number of methoxy groups -OCH3 is 1. The van der Waals surface area contributed by atoms with Crippen LogP contribution in [0.3, 0.4) is 0 Å². The van der Waals surface area contributed by atoms with Gasteiger partial charge in [0.15, 0.2) is 5.76 Å². The first kappa shape index (κ1) is 22.0. The molecule has 1 aliphatic rings. The molecule has 1 saturated heterocycles. The number of nitrogens with zero attached hydrogens (tertiary/aromatic N) is 2. The van der Waals surface area contributed by atoms with Crippen molar-refractivity contribution in [2.75, 3.05) is 25.5 Å². The normalized spacial score (nSPS) is 15.8. The van der Waals surface area contributed by atoms with E-state index in [1.165, 1.54) is 14.0 Å². The first-order valence-corrected chi connectivity index (χ1v) is 11.4. The lowest BCUT2D eigenvalue weighted by molar-refractivity contribution is -0.114. The summed E-state index contributed by atoms with van der Waals surface area (Å²) >= 11 is 0. The van der Waals surface area contributed by atoms with Crippen molar-refractivity contribution < 1.29 is 22.5 Å². The predicted molar refractivity (Wildman–Crippen MR) is 115 cm³/mol. The molecule has 162 valence electrons. The van der Waals surface area contributed by atoms with Gasteiger partial charge in [-0.3, -0.25) is 4.79 Å². The van der Waals surface area contributed by atoms with Gasteiger partial charge in [-0.25, -0.2) is 8.42 Å². The molecular formula is C21H27N3O5S. The molecule has 1 N–H and O–H groups in total. The Balaban J connectivity index is 1.93. The van der Waals surface area contributed by atoms with Gasteiger partial charge in [0, 0.05) is 20.0 Å². The van der Waals surface area contributed by atoms with E-state index in [9.17, 15) is 13.2 Å². The molecule has 2 heterocycles. The summed E-state index contributed by atoms with van der Waals surface area (Å²) in [6.45, 7) is 4.17. The minimum absolute atomic E-state index is 0.143. The van der Waals surface area contributed by atoms with Crippen molar-refractivity contribution in [3.63, 3.8) is 0 Å². The number of carbonyl (C=O) groups is 1. The minimum atomic E-state index is -3.67. The number of benzene rings is 1. The molecule has 1 fully saturated rings. The predicted octanol–water partition coefficient (Wildman–Crippen LogP) is 3.69. The highest BCUT2D eigenvalue weighted by Crippen LogP contribution is 2.30. The Kier molecular flexibility index (Phi) is 6.94. The van der Waals surface area contributed by atoms with Crippen LogP contribution in [0.15, 0.2) is 27.6 Å². The van der Waals surface area contributed by atoms with E-state index in [0.717, 1.165) is 25.7 Å². The van der Waals surface area contributed by atoms with Crippen molar-refractivity contribution in [2.45, 2.75) is 44.4 Å². The molecule has 3 rings (SSSR count). The Labute approximate surface area is 176 Å². The molecule has 1 aromatic carbocycles. The lowest BCUT2D eigenvalue weighted by Gasteiger charge is -2.21.